The van der Waals surface area contributed by atoms with Gasteiger partial charge in [-0.1, -0.05) is 32.0 Å². The summed E-state index contributed by atoms with van der Waals surface area (Å²) < 4.78 is 2.99. The zero-order valence-corrected chi connectivity index (χ0v) is 16.6. The lowest BCUT2D eigenvalue weighted by atomic mass is 10.1. The number of aromatic nitrogens is 4. The molecule has 4 rings (SSSR count). The van der Waals surface area contributed by atoms with Gasteiger partial charge >= 0.3 is 0 Å². The molecule has 0 atom stereocenters. The van der Waals surface area contributed by atoms with Crippen molar-refractivity contribution in [3.8, 4) is 5.69 Å². The maximum Gasteiger partial charge on any atom is 0.293 e. The van der Waals surface area contributed by atoms with Crippen LogP contribution in [0, 0.1) is 6.92 Å². The number of hydrogen-bond donors (Lipinski definition) is 0. The molecule has 0 spiro atoms. The van der Waals surface area contributed by atoms with Crippen molar-refractivity contribution in [3.63, 3.8) is 0 Å². The highest BCUT2D eigenvalue weighted by Gasteiger charge is 2.23. The Balaban J connectivity index is 1.88. The van der Waals surface area contributed by atoms with Crippen LogP contribution in [0.3, 0.4) is 0 Å². The summed E-state index contributed by atoms with van der Waals surface area (Å²) in [4.78, 5) is 27.7. The molecule has 0 bridgehead atoms. The van der Waals surface area contributed by atoms with Crippen LogP contribution in [0.5, 0.6) is 0 Å². The Morgan fingerprint density at radius 3 is 2.57 bits per heavy atom. The van der Waals surface area contributed by atoms with Crippen molar-refractivity contribution in [1.82, 2.24) is 24.5 Å². The van der Waals surface area contributed by atoms with Crippen LogP contribution in [0.2, 0.25) is 0 Å². The summed E-state index contributed by atoms with van der Waals surface area (Å²) in [6.45, 7) is 7.53. The summed E-state index contributed by atoms with van der Waals surface area (Å²) in [5.74, 6) is 0.0499. The highest BCUT2D eigenvalue weighted by atomic mass is 16.2. The van der Waals surface area contributed by atoms with Gasteiger partial charge in [-0.05, 0) is 37.3 Å². The van der Waals surface area contributed by atoms with Gasteiger partial charge < -0.3 is 4.90 Å². The molecule has 1 fully saturated rings. The summed E-state index contributed by atoms with van der Waals surface area (Å²) in [6.07, 6.45) is 3.74. The molecule has 0 aliphatic carbocycles. The number of para-hydroxylation sites is 1. The Labute approximate surface area is 163 Å². The molecule has 146 valence electrons. The second-order valence-electron chi connectivity index (χ2n) is 7.70. The second-order valence-corrected chi connectivity index (χ2v) is 7.70. The van der Waals surface area contributed by atoms with Crippen molar-refractivity contribution in [1.29, 1.82) is 0 Å². The third-order valence-corrected chi connectivity index (χ3v) is 5.34. The minimum absolute atomic E-state index is 0.0343. The molecule has 1 aromatic carbocycles. The summed E-state index contributed by atoms with van der Waals surface area (Å²) in [5.41, 5.74) is 2.85. The van der Waals surface area contributed by atoms with Gasteiger partial charge in [0, 0.05) is 18.5 Å². The SMILES string of the molecule is Cc1ccccc1-n1ncc2c(C(C)C)nn(CC(=O)N3CCCC3)c(=O)c21. The first-order valence-electron chi connectivity index (χ1n) is 9.80. The average Bonchev–Trinajstić information content (AvgIpc) is 3.34. The fraction of sp³-hybridized carbons (Fsp3) is 0.429. The fourth-order valence-corrected chi connectivity index (χ4v) is 3.81. The van der Waals surface area contributed by atoms with Crippen molar-refractivity contribution >= 4 is 16.8 Å². The van der Waals surface area contributed by atoms with E-state index in [0.717, 1.165) is 48.3 Å². The number of carbonyl (C=O) groups is 1. The van der Waals surface area contributed by atoms with E-state index in [1.807, 2.05) is 49.9 Å². The number of amides is 1. The van der Waals surface area contributed by atoms with Gasteiger partial charge in [-0.2, -0.15) is 10.2 Å². The van der Waals surface area contributed by atoms with Crippen molar-refractivity contribution in [3.05, 3.63) is 52.1 Å². The summed E-state index contributed by atoms with van der Waals surface area (Å²) in [7, 11) is 0. The minimum Gasteiger partial charge on any atom is -0.341 e. The van der Waals surface area contributed by atoms with Crippen molar-refractivity contribution in [2.45, 2.75) is 46.1 Å². The van der Waals surface area contributed by atoms with Crippen molar-refractivity contribution in [2.75, 3.05) is 13.1 Å². The number of fused-ring (bicyclic) bond motifs is 1. The van der Waals surface area contributed by atoms with Crippen LogP contribution in [0.4, 0.5) is 0 Å². The largest absolute Gasteiger partial charge is 0.341 e. The summed E-state index contributed by atoms with van der Waals surface area (Å²) in [6, 6.07) is 7.81. The van der Waals surface area contributed by atoms with E-state index in [1.165, 1.54) is 4.68 Å². The molecule has 1 amide bonds. The number of nitrogens with zero attached hydrogens (tertiary/aromatic N) is 5. The Hall–Kier alpha value is -2.96. The maximum absolute atomic E-state index is 13.3. The quantitative estimate of drug-likeness (QED) is 0.699. The monoisotopic (exact) mass is 379 g/mol. The predicted octanol–water partition coefficient (Wildman–Crippen LogP) is 2.64. The lowest BCUT2D eigenvalue weighted by Crippen LogP contribution is -2.36. The van der Waals surface area contributed by atoms with Crippen molar-refractivity contribution in [2.24, 2.45) is 0 Å². The van der Waals surface area contributed by atoms with E-state index in [-0.39, 0.29) is 23.9 Å². The minimum atomic E-state index is -0.285. The third-order valence-electron chi connectivity index (χ3n) is 5.34. The molecule has 2 aromatic heterocycles. The van der Waals surface area contributed by atoms with E-state index >= 15 is 0 Å². The van der Waals surface area contributed by atoms with E-state index in [0.29, 0.717) is 5.52 Å². The van der Waals surface area contributed by atoms with E-state index in [1.54, 1.807) is 10.9 Å². The molecule has 0 N–H and O–H groups in total. The number of likely N-dealkylation sites (tertiary alicyclic amines) is 1. The first-order chi connectivity index (χ1) is 13.5. The van der Waals surface area contributed by atoms with Crippen LogP contribution in [0.15, 0.2) is 35.3 Å². The van der Waals surface area contributed by atoms with Crippen LogP contribution in [-0.4, -0.2) is 43.5 Å². The van der Waals surface area contributed by atoms with Gasteiger partial charge in [-0.25, -0.2) is 9.36 Å². The van der Waals surface area contributed by atoms with Crippen LogP contribution in [-0.2, 0) is 11.3 Å². The highest BCUT2D eigenvalue weighted by Crippen LogP contribution is 2.24. The lowest BCUT2D eigenvalue weighted by Gasteiger charge is -2.17. The smallest absolute Gasteiger partial charge is 0.293 e. The number of hydrogen-bond acceptors (Lipinski definition) is 4. The van der Waals surface area contributed by atoms with Crippen LogP contribution in [0.1, 0.15) is 43.9 Å². The first kappa shape index (κ1) is 18.4. The van der Waals surface area contributed by atoms with Crippen LogP contribution in [0.25, 0.3) is 16.6 Å². The Bertz CT molecular complexity index is 1090. The van der Waals surface area contributed by atoms with Gasteiger partial charge in [-0.15, -0.1) is 0 Å². The van der Waals surface area contributed by atoms with Gasteiger partial charge in [0.2, 0.25) is 5.91 Å². The zero-order valence-electron chi connectivity index (χ0n) is 16.6. The van der Waals surface area contributed by atoms with E-state index in [4.69, 9.17) is 0 Å². The maximum atomic E-state index is 13.3. The molecule has 0 unspecified atom stereocenters. The normalized spacial score (nSPS) is 14.4. The molecular formula is C21H25N5O2. The molecule has 28 heavy (non-hydrogen) atoms. The van der Waals surface area contributed by atoms with E-state index in [9.17, 15) is 9.59 Å². The van der Waals surface area contributed by atoms with Crippen molar-refractivity contribution < 1.29 is 4.79 Å². The highest BCUT2D eigenvalue weighted by molar-refractivity contribution is 5.83. The first-order valence-corrected chi connectivity index (χ1v) is 9.80. The molecule has 3 heterocycles. The summed E-state index contributed by atoms with van der Waals surface area (Å²) >= 11 is 0. The Kier molecular flexibility index (Phi) is 4.75. The molecular weight excluding hydrogens is 354 g/mol. The topological polar surface area (TPSA) is 73.0 Å². The Morgan fingerprint density at radius 1 is 1.18 bits per heavy atom. The molecule has 7 nitrogen and oxygen atoms in total. The standard InChI is InChI=1S/C21H25N5O2/c1-14(2)19-16-12-22-26(17-9-5-4-8-15(17)3)20(16)21(28)25(23-19)13-18(27)24-10-6-7-11-24/h4-5,8-9,12,14H,6-7,10-11,13H2,1-3H3. The van der Waals surface area contributed by atoms with E-state index < -0.39 is 0 Å². The third kappa shape index (κ3) is 3.10. The number of benzene rings is 1. The van der Waals surface area contributed by atoms with E-state index in [2.05, 4.69) is 10.2 Å². The molecule has 0 saturated carbocycles. The van der Waals surface area contributed by atoms with Gasteiger partial charge in [0.05, 0.1) is 17.6 Å². The molecule has 1 aliphatic rings. The van der Waals surface area contributed by atoms with Crippen LogP contribution < -0.4 is 5.56 Å². The number of aryl methyl sites for hydroxylation is 1. The van der Waals surface area contributed by atoms with Crippen LogP contribution >= 0.6 is 0 Å². The molecule has 7 heteroatoms. The lowest BCUT2D eigenvalue weighted by molar-refractivity contribution is -0.131. The molecule has 3 aromatic rings. The number of carbonyl (C=O) groups excluding carboxylic acids is 1. The average molecular weight is 379 g/mol. The molecule has 1 saturated heterocycles. The second kappa shape index (κ2) is 7.22. The number of rotatable bonds is 4. The summed E-state index contributed by atoms with van der Waals surface area (Å²) in [5, 5.41) is 9.78. The van der Waals surface area contributed by atoms with Gasteiger partial charge in [-0.3, -0.25) is 9.59 Å². The zero-order chi connectivity index (χ0) is 19.8. The predicted molar refractivity (Wildman–Crippen MR) is 108 cm³/mol. The molecule has 1 aliphatic heterocycles. The van der Waals surface area contributed by atoms with Gasteiger partial charge in [0.25, 0.3) is 5.56 Å². The van der Waals surface area contributed by atoms with Gasteiger partial charge in [0.15, 0.2) is 0 Å². The molecule has 0 radical (unpaired) electrons. The Morgan fingerprint density at radius 2 is 1.89 bits per heavy atom. The van der Waals surface area contributed by atoms with Gasteiger partial charge in [0.1, 0.15) is 12.1 Å². The fourth-order valence-electron chi connectivity index (χ4n) is 3.81.